The SMILES string of the molecule is CC(C)(C)c1nc(NN)cc(NCC2(O)CCOCC2)n1. The second-order valence-electron chi connectivity index (χ2n) is 6.55. The van der Waals surface area contributed by atoms with Crippen molar-refractivity contribution in [2.45, 2.75) is 44.6 Å². The number of hydrogen-bond acceptors (Lipinski definition) is 7. The van der Waals surface area contributed by atoms with Crippen LogP contribution in [0.3, 0.4) is 0 Å². The van der Waals surface area contributed by atoms with Crippen LogP contribution in [0.4, 0.5) is 11.6 Å². The van der Waals surface area contributed by atoms with Gasteiger partial charge in [-0.3, -0.25) is 0 Å². The van der Waals surface area contributed by atoms with E-state index in [1.54, 1.807) is 6.07 Å². The molecule has 0 unspecified atom stereocenters. The van der Waals surface area contributed by atoms with Crippen molar-refractivity contribution in [3.05, 3.63) is 11.9 Å². The van der Waals surface area contributed by atoms with Crippen molar-refractivity contribution < 1.29 is 9.84 Å². The third-order valence-corrected chi connectivity index (χ3v) is 3.57. The molecule has 0 atom stereocenters. The molecular weight excluding hydrogens is 270 g/mol. The van der Waals surface area contributed by atoms with Crippen molar-refractivity contribution in [2.24, 2.45) is 5.84 Å². The Labute approximate surface area is 125 Å². The standard InChI is InChI=1S/C14H25N5O2/c1-13(2,3)12-17-10(8-11(18-12)19-15)16-9-14(20)4-6-21-7-5-14/h8,20H,4-7,9,15H2,1-3H3,(H2,16,17,18,19). The van der Waals surface area contributed by atoms with Crippen molar-refractivity contribution >= 4 is 11.6 Å². The van der Waals surface area contributed by atoms with E-state index in [0.29, 0.717) is 50.1 Å². The Morgan fingerprint density at radius 2 is 1.90 bits per heavy atom. The summed E-state index contributed by atoms with van der Waals surface area (Å²) in [6, 6.07) is 1.73. The van der Waals surface area contributed by atoms with E-state index in [1.807, 2.05) is 20.8 Å². The summed E-state index contributed by atoms with van der Waals surface area (Å²) in [7, 11) is 0. The third kappa shape index (κ3) is 4.26. The van der Waals surface area contributed by atoms with Gasteiger partial charge < -0.3 is 20.6 Å². The van der Waals surface area contributed by atoms with Gasteiger partial charge in [0, 0.05) is 44.1 Å². The molecule has 0 aliphatic carbocycles. The lowest BCUT2D eigenvalue weighted by molar-refractivity contribution is -0.0543. The Morgan fingerprint density at radius 3 is 2.48 bits per heavy atom. The predicted octanol–water partition coefficient (Wildman–Crippen LogP) is 1.01. The van der Waals surface area contributed by atoms with Gasteiger partial charge in [0.1, 0.15) is 17.5 Å². The molecular formula is C14H25N5O2. The fourth-order valence-electron chi connectivity index (χ4n) is 2.13. The molecule has 1 aromatic rings. The molecule has 0 aromatic carbocycles. The molecule has 1 aromatic heterocycles. The molecule has 118 valence electrons. The van der Waals surface area contributed by atoms with Crippen molar-refractivity contribution in [1.29, 1.82) is 0 Å². The zero-order valence-electron chi connectivity index (χ0n) is 12.9. The molecule has 1 saturated heterocycles. The minimum atomic E-state index is -0.749. The first-order valence-electron chi connectivity index (χ1n) is 7.23. The van der Waals surface area contributed by atoms with Crippen LogP contribution >= 0.6 is 0 Å². The number of aliphatic hydroxyl groups is 1. The molecule has 1 fully saturated rings. The highest BCUT2D eigenvalue weighted by Crippen LogP contribution is 2.24. The number of nitrogens with zero attached hydrogens (tertiary/aromatic N) is 2. The first kappa shape index (κ1) is 15.9. The van der Waals surface area contributed by atoms with Crippen LogP contribution in [-0.2, 0) is 10.2 Å². The summed E-state index contributed by atoms with van der Waals surface area (Å²) in [6.07, 6.45) is 1.25. The second kappa shape index (κ2) is 6.13. The zero-order chi connectivity index (χ0) is 15.5. The fraction of sp³-hybridized carbons (Fsp3) is 0.714. The van der Waals surface area contributed by atoms with Gasteiger partial charge in [-0.1, -0.05) is 20.8 Å². The molecule has 7 nitrogen and oxygen atoms in total. The molecule has 0 amide bonds. The molecule has 0 bridgehead atoms. The van der Waals surface area contributed by atoms with Gasteiger partial charge in [-0.2, -0.15) is 0 Å². The fourth-order valence-corrected chi connectivity index (χ4v) is 2.13. The van der Waals surface area contributed by atoms with E-state index in [0.717, 1.165) is 0 Å². The van der Waals surface area contributed by atoms with Gasteiger partial charge in [0.05, 0.1) is 5.60 Å². The summed E-state index contributed by atoms with van der Waals surface area (Å²) in [5, 5.41) is 13.7. The average Bonchev–Trinajstić information content (AvgIpc) is 2.45. The maximum atomic E-state index is 10.5. The van der Waals surface area contributed by atoms with Crippen LogP contribution in [0.5, 0.6) is 0 Å². The lowest BCUT2D eigenvalue weighted by Crippen LogP contribution is -2.42. The monoisotopic (exact) mass is 295 g/mol. The number of hydrogen-bond donors (Lipinski definition) is 4. The highest BCUT2D eigenvalue weighted by atomic mass is 16.5. The van der Waals surface area contributed by atoms with Crippen LogP contribution in [0.1, 0.15) is 39.4 Å². The molecule has 1 aliphatic rings. The van der Waals surface area contributed by atoms with Crippen LogP contribution in [0.2, 0.25) is 0 Å². The quantitative estimate of drug-likeness (QED) is 0.485. The Kier molecular flexibility index (Phi) is 4.65. The normalized spacial score (nSPS) is 18.3. The molecule has 0 radical (unpaired) electrons. The molecule has 1 aliphatic heterocycles. The molecule has 5 N–H and O–H groups in total. The summed E-state index contributed by atoms with van der Waals surface area (Å²) in [6.45, 7) is 7.73. The van der Waals surface area contributed by atoms with Crippen molar-refractivity contribution in [3.8, 4) is 0 Å². The first-order chi connectivity index (χ1) is 9.82. The predicted molar refractivity (Wildman–Crippen MR) is 82.0 cm³/mol. The van der Waals surface area contributed by atoms with E-state index in [4.69, 9.17) is 10.6 Å². The van der Waals surface area contributed by atoms with Crippen LogP contribution in [0, 0.1) is 0 Å². The highest BCUT2D eigenvalue weighted by molar-refractivity contribution is 5.47. The molecule has 2 rings (SSSR count). The summed E-state index contributed by atoms with van der Waals surface area (Å²) < 4.78 is 5.28. The van der Waals surface area contributed by atoms with E-state index < -0.39 is 5.60 Å². The molecule has 2 heterocycles. The zero-order valence-corrected chi connectivity index (χ0v) is 12.9. The van der Waals surface area contributed by atoms with E-state index in [9.17, 15) is 5.11 Å². The number of nitrogens with one attached hydrogen (secondary N) is 2. The van der Waals surface area contributed by atoms with Gasteiger partial charge in [0.15, 0.2) is 0 Å². The largest absolute Gasteiger partial charge is 0.388 e. The van der Waals surface area contributed by atoms with E-state index in [2.05, 4.69) is 20.7 Å². The van der Waals surface area contributed by atoms with Crippen molar-refractivity contribution in [1.82, 2.24) is 9.97 Å². The maximum Gasteiger partial charge on any atom is 0.145 e. The number of anilines is 2. The number of nitrogen functional groups attached to an aromatic ring is 1. The number of nitrogens with two attached hydrogens (primary N) is 1. The number of ether oxygens (including phenoxy) is 1. The van der Waals surface area contributed by atoms with Gasteiger partial charge >= 0.3 is 0 Å². The van der Waals surface area contributed by atoms with E-state index in [1.165, 1.54) is 0 Å². The highest BCUT2D eigenvalue weighted by Gasteiger charge is 2.29. The molecule has 0 spiro atoms. The van der Waals surface area contributed by atoms with Gasteiger partial charge in [0.25, 0.3) is 0 Å². The Balaban J connectivity index is 2.12. The molecule has 21 heavy (non-hydrogen) atoms. The maximum absolute atomic E-state index is 10.5. The average molecular weight is 295 g/mol. The summed E-state index contributed by atoms with van der Waals surface area (Å²) in [5.74, 6) is 7.36. The van der Waals surface area contributed by atoms with Crippen molar-refractivity contribution in [2.75, 3.05) is 30.5 Å². The summed E-state index contributed by atoms with van der Waals surface area (Å²) in [4.78, 5) is 8.87. The number of hydrazine groups is 1. The van der Waals surface area contributed by atoms with E-state index >= 15 is 0 Å². The van der Waals surface area contributed by atoms with Crippen molar-refractivity contribution in [3.63, 3.8) is 0 Å². The van der Waals surface area contributed by atoms with Crippen LogP contribution in [-0.4, -0.2) is 40.4 Å². The lowest BCUT2D eigenvalue weighted by Gasteiger charge is -2.32. The Morgan fingerprint density at radius 1 is 1.29 bits per heavy atom. The van der Waals surface area contributed by atoms with E-state index in [-0.39, 0.29) is 5.41 Å². The topological polar surface area (TPSA) is 105 Å². The van der Waals surface area contributed by atoms with Crippen LogP contribution in [0.25, 0.3) is 0 Å². The second-order valence-corrected chi connectivity index (χ2v) is 6.55. The first-order valence-corrected chi connectivity index (χ1v) is 7.23. The smallest absolute Gasteiger partial charge is 0.145 e. The van der Waals surface area contributed by atoms with Gasteiger partial charge in [-0.05, 0) is 0 Å². The van der Waals surface area contributed by atoms with Crippen LogP contribution in [0.15, 0.2) is 6.07 Å². The number of rotatable bonds is 4. The minimum absolute atomic E-state index is 0.182. The minimum Gasteiger partial charge on any atom is -0.388 e. The molecule has 7 heteroatoms. The van der Waals surface area contributed by atoms with Gasteiger partial charge in [0.2, 0.25) is 0 Å². The Bertz CT molecular complexity index is 481. The number of aromatic nitrogens is 2. The lowest BCUT2D eigenvalue weighted by atomic mass is 9.94. The van der Waals surface area contributed by atoms with Crippen LogP contribution < -0.4 is 16.6 Å². The summed E-state index contributed by atoms with van der Waals surface area (Å²) in [5.41, 5.74) is 1.62. The van der Waals surface area contributed by atoms with Gasteiger partial charge in [-0.15, -0.1) is 0 Å². The Hall–Kier alpha value is -1.44. The third-order valence-electron chi connectivity index (χ3n) is 3.57. The summed E-state index contributed by atoms with van der Waals surface area (Å²) >= 11 is 0. The van der Waals surface area contributed by atoms with Gasteiger partial charge in [-0.25, -0.2) is 15.8 Å². The molecule has 0 saturated carbocycles.